The second-order valence-electron chi connectivity index (χ2n) is 5.00. The average Bonchev–Trinajstić information content (AvgIpc) is 2.53. The number of alkyl halides is 3. The van der Waals surface area contributed by atoms with Gasteiger partial charge >= 0.3 is 6.18 Å². The zero-order chi connectivity index (χ0) is 17.3. The highest BCUT2D eigenvalue weighted by atomic mass is 19.4. The van der Waals surface area contributed by atoms with E-state index >= 15 is 0 Å². The summed E-state index contributed by atoms with van der Waals surface area (Å²) >= 11 is 0. The molecule has 0 radical (unpaired) electrons. The smallest absolute Gasteiger partial charge is 0.433 e. The largest absolute Gasteiger partial charge is 0.486 e. The molecule has 0 unspecified atom stereocenters. The molecule has 1 aromatic carbocycles. The molecule has 1 N–H and O–H groups in total. The molecule has 0 atom stereocenters. The third-order valence-electron chi connectivity index (χ3n) is 3.16. The number of aromatic nitrogens is 2. The fraction of sp³-hybridized carbons (Fsp3) is 0.267. The first kappa shape index (κ1) is 16.0. The van der Waals surface area contributed by atoms with Gasteiger partial charge < -0.3 is 14.8 Å². The number of fused-ring (bicyclic) bond motifs is 1. The van der Waals surface area contributed by atoms with Crippen molar-refractivity contribution in [2.75, 3.05) is 18.5 Å². The third kappa shape index (κ3) is 3.39. The summed E-state index contributed by atoms with van der Waals surface area (Å²) in [6.45, 7) is 2.10. The van der Waals surface area contributed by atoms with E-state index in [1.807, 2.05) is 0 Å². The van der Waals surface area contributed by atoms with E-state index in [-0.39, 0.29) is 11.5 Å². The van der Waals surface area contributed by atoms with Crippen LogP contribution >= 0.6 is 0 Å². The Labute approximate surface area is 134 Å². The van der Waals surface area contributed by atoms with E-state index in [0.717, 1.165) is 0 Å². The summed E-state index contributed by atoms with van der Waals surface area (Å²) in [5.74, 6) is 0.0743. The number of carbonyl (C=O) groups is 1. The molecule has 126 valence electrons. The first-order chi connectivity index (χ1) is 11.3. The van der Waals surface area contributed by atoms with Crippen LogP contribution in [0.2, 0.25) is 0 Å². The molecule has 0 saturated carbocycles. The van der Waals surface area contributed by atoms with Crippen molar-refractivity contribution in [1.82, 2.24) is 9.97 Å². The number of hydrogen-bond acceptors (Lipinski definition) is 5. The van der Waals surface area contributed by atoms with Crippen LogP contribution in [0.3, 0.4) is 0 Å². The van der Waals surface area contributed by atoms with Gasteiger partial charge in [0, 0.05) is 17.8 Å². The number of amides is 1. The Morgan fingerprint density at radius 3 is 2.54 bits per heavy atom. The third-order valence-corrected chi connectivity index (χ3v) is 3.16. The summed E-state index contributed by atoms with van der Waals surface area (Å²) in [4.78, 5) is 19.2. The fourth-order valence-electron chi connectivity index (χ4n) is 2.15. The second-order valence-corrected chi connectivity index (χ2v) is 5.00. The Morgan fingerprint density at radius 2 is 1.83 bits per heavy atom. The predicted molar refractivity (Wildman–Crippen MR) is 77.2 cm³/mol. The molecular weight excluding hydrogens is 327 g/mol. The van der Waals surface area contributed by atoms with Gasteiger partial charge in [-0.2, -0.15) is 13.2 Å². The van der Waals surface area contributed by atoms with Crippen LogP contribution in [0.1, 0.15) is 22.0 Å². The zero-order valence-corrected chi connectivity index (χ0v) is 12.5. The SMILES string of the molecule is Cc1nc(C(=O)Nc2ccc3c(c2)OCCO3)cc(C(F)(F)F)n1. The molecule has 0 fully saturated rings. The number of ether oxygens (including phenoxy) is 2. The Balaban J connectivity index is 1.84. The minimum atomic E-state index is -4.65. The number of halogens is 3. The van der Waals surface area contributed by atoms with E-state index in [0.29, 0.717) is 36.5 Å². The molecule has 0 aliphatic carbocycles. The van der Waals surface area contributed by atoms with Gasteiger partial charge in [-0.25, -0.2) is 9.97 Å². The van der Waals surface area contributed by atoms with Crippen LogP contribution in [-0.4, -0.2) is 29.1 Å². The molecule has 0 saturated heterocycles. The monoisotopic (exact) mass is 339 g/mol. The lowest BCUT2D eigenvalue weighted by Gasteiger charge is -2.19. The molecule has 1 aliphatic rings. The van der Waals surface area contributed by atoms with Crippen molar-refractivity contribution in [3.8, 4) is 11.5 Å². The number of carbonyl (C=O) groups excluding carboxylic acids is 1. The molecular formula is C15H12F3N3O3. The van der Waals surface area contributed by atoms with Crippen LogP contribution in [0.25, 0.3) is 0 Å². The van der Waals surface area contributed by atoms with Gasteiger partial charge in [0.05, 0.1) is 0 Å². The summed E-state index contributed by atoms with van der Waals surface area (Å²) in [5.41, 5.74) is -1.18. The maximum absolute atomic E-state index is 12.8. The van der Waals surface area contributed by atoms with Crippen LogP contribution < -0.4 is 14.8 Å². The molecule has 1 aromatic heterocycles. The second kappa shape index (κ2) is 5.99. The van der Waals surface area contributed by atoms with E-state index in [2.05, 4.69) is 15.3 Å². The quantitative estimate of drug-likeness (QED) is 0.911. The normalized spacial score (nSPS) is 13.5. The van der Waals surface area contributed by atoms with Gasteiger partial charge in [-0.15, -0.1) is 0 Å². The lowest BCUT2D eigenvalue weighted by Crippen LogP contribution is -2.19. The highest BCUT2D eigenvalue weighted by Gasteiger charge is 2.34. The van der Waals surface area contributed by atoms with Crippen molar-refractivity contribution >= 4 is 11.6 Å². The molecule has 1 aliphatic heterocycles. The van der Waals surface area contributed by atoms with Gasteiger partial charge in [0.15, 0.2) is 11.5 Å². The van der Waals surface area contributed by atoms with E-state index in [1.165, 1.54) is 13.0 Å². The number of nitrogens with one attached hydrogen (secondary N) is 1. The lowest BCUT2D eigenvalue weighted by atomic mass is 10.2. The maximum atomic E-state index is 12.8. The molecule has 0 bridgehead atoms. The van der Waals surface area contributed by atoms with Crippen molar-refractivity contribution in [3.05, 3.63) is 41.5 Å². The average molecular weight is 339 g/mol. The highest BCUT2D eigenvalue weighted by Crippen LogP contribution is 2.33. The predicted octanol–water partition coefficient (Wildman–Crippen LogP) is 2.83. The summed E-state index contributed by atoms with van der Waals surface area (Å²) in [5, 5.41) is 2.48. The van der Waals surface area contributed by atoms with E-state index in [9.17, 15) is 18.0 Å². The number of hydrogen-bond donors (Lipinski definition) is 1. The number of anilines is 1. The number of rotatable bonds is 2. The Hall–Kier alpha value is -2.84. The molecule has 3 rings (SSSR count). The van der Waals surface area contributed by atoms with E-state index < -0.39 is 17.8 Å². The Morgan fingerprint density at radius 1 is 1.12 bits per heavy atom. The highest BCUT2D eigenvalue weighted by molar-refractivity contribution is 6.03. The van der Waals surface area contributed by atoms with Crippen LogP contribution in [0.4, 0.5) is 18.9 Å². The van der Waals surface area contributed by atoms with Crippen molar-refractivity contribution in [1.29, 1.82) is 0 Å². The van der Waals surface area contributed by atoms with Crippen LogP contribution in [0.15, 0.2) is 24.3 Å². The Kier molecular flexibility index (Phi) is 4.00. The summed E-state index contributed by atoms with van der Waals surface area (Å²) < 4.78 is 49.1. The zero-order valence-electron chi connectivity index (χ0n) is 12.5. The van der Waals surface area contributed by atoms with E-state index in [1.54, 1.807) is 12.1 Å². The van der Waals surface area contributed by atoms with Gasteiger partial charge in [-0.3, -0.25) is 4.79 Å². The molecule has 6 nitrogen and oxygen atoms in total. The van der Waals surface area contributed by atoms with Crippen molar-refractivity contribution in [3.63, 3.8) is 0 Å². The Bertz CT molecular complexity index is 793. The van der Waals surface area contributed by atoms with Crippen LogP contribution in [0, 0.1) is 6.92 Å². The standard InChI is InChI=1S/C15H12F3N3O3/c1-8-19-10(7-13(20-8)15(16,17)18)14(22)21-9-2-3-11-12(6-9)24-5-4-23-11/h2-3,6-7H,4-5H2,1H3,(H,21,22). The fourth-order valence-corrected chi connectivity index (χ4v) is 2.15. The van der Waals surface area contributed by atoms with Crippen LogP contribution in [-0.2, 0) is 6.18 Å². The summed E-state index contributed by atoms with van der Waals surface area (Å²) in [6.07, 6.45) is -4.65. The van der Waals surface area contributed by atoms with Crippen molar-refractivity contribution in [2.24, 2.45) is 0 Å². The van der Waals surface area contributed by atoms with Gasteiger partial charge in [0.25, 0.3) is 5.91 Å². The van der Waals surface area contributed by atoms with Crippen molar-refractivity contribution < 1.29 is 27.4 Å². The van der Waals surface area contributed by atoms with Crippen molar-refractivity contribution in [2.45, 2.75) is 13.1 Å². The molecule has 1 amide bonds. The minimum Gasteiger partial charge on any atom is -0.486 e. The topological polar surface area (TPSA) is 73.3 Å². The summed E-state index contributed by atoms with van der Waals surface area (Å²) in [7, 11) is 0. The van der Waals surface area contributed by atoms with Gasteiger partial charge in [-0.1, -0.05) is 0 Å². The summed E-state index contributed by atoms with van der Waals surface area (Å²) in [6, 6.07) is 5.31. The number of benzene rings is 1. The van der Waals surface area contributed by atoms with Gasteiger partial charge in [0.2, 0.25) is 0 Å². The van der Waals surface area contributed by atoms with Gasteiger partial charge in [-0.05, 0) is 19.1 Å². The van der Waals surface area contributed by atoms with Gasteiger partial charge in [0.1, 0.15) is 30.4 Å². The maximum Gasteiger partial charge on any atom is 0.433 e. The molecule has 9 heteroatoms. The van der Waals surface area contributed by atoms with E-state index in [4.69, 9.17) is 9.47 Å². The van der Waals surface area contributed by atoms with Crippen LogP contribution in [0.5, 0.6) is 11.5 Å². The molecule has 2 heterocycles. The molecule has 2 aromatic rings. The minimum absolute atomic E-state index is 0.142. The lowest BCUT2D eigenvalue weighted by molar-refractivity contribution is -0.141. The first-order valence-electron chi connectivity index (χ1n) is 6.97. The molecule has 0 spiro atoms. The number of nitrogens with zero attached hydrogens (tertiary/aromatic N) is 2. The molecule has 24 heavy (non-hydrogen) atoms. The number of aryl methyl sites for hydroxylation is 1. The first-order valence-corrected chi connectivity index (χ1v) is 6.97.